The first kappa shape index (κ1) is 8.05. The minimum Gasteiger partial charge on any atom is -0.351 e. The molecule has 0 bridgehead atoms. The van der Waals surface area contributed by atoms with Crippen LogP contribution in [-0.2, 0) is 4.79 Å². The molecule has 2 rings (SSSR count). The van der Waals surface area contributed by atoms with Crippen LogP contribution in [0.2, 0.25) is 0 Å². The molecule has 0 aromatic rings. The van der Waals surface area contributed by atoms with E-state index >= 15 is 0 Å². The molecule has 3 N–H and O–H groups in total. The summed E-state index contributed by atoms with van der Waals surface area (Å²) in [5.41, 5.74) is 5.95. The number of nitrogens with one attached hydrogen (secondary N) is 1. The summed E-state index contributed by atoms with van der Waals surface area (Å²) < 4.78 is 0. The van der Waals surface area contributed by atoms with Crippen LogP contribution in [0.4, 0.5) is 0 Å². The molecule has 1 saturated heterocycles. The normalized spacial score (nSPS) is 41.8. The molecule has 1 spiro atoms. The maximum Gasteiger partial charge on any atom is 0.220 e. The summed E-state index contributed by atoms with van der Waals surface area (Å²) in [6.07, 6.45) is 6.05. The molecule has 0 atom stereocenters. The Balaban J connectivity index is 1.99. The van der Waals surface area contributed by atoms with Gasteiger partial charge in [0.25, 0.3) is 0 Å². The van der Waals surface area contributed by atoms with Gasteiger partial charge in [-0.05, 0) is 32.1 Å². The molecule has 1 saturated carbocycles. The first-order valence-electron chi connectivity index (χ1n) is 4.77. The minimum atomic E-state index is 0.146. The highest BCUT2D eigenvalue weighted by Crippen LogP contribution is 2.34. The van der Waals surface area contributed by atoms with Gasteiger partial charge in [-0.3, -0.25) is 4.79 Å². The average molecular weight is 168 g/mol. The van der Waals surface area contributed by atoms with Crippen LogP contribution < -0.4 is 11.1 Å². The fourth-order valence-corrected chi connectivity index (χ4v) is 2.34. The van der Waals surface area contributed by atoms with Crippen molar-refractivity contribution in [2.24, 2.45) is 5.73 Å². The van der Waals surface area contributed by atoms with Crippen molar-refractivity contribution in [1.29, 1.82) is 0 Å². The fraction of sp³-hybridized carbons (Fsp3) is 0.889. The van der Waals surface area contributed by atoms with Crippen LogP contribution in [0.1, 0.15) is 38.5 Å². The largest absolute Gasteiger partial charge is 0.351 e. The number of hydrogen-bond donors (Lipinski definition) is 2. The van der Waals surface area contributed by atoms with E-state index in [0.717, 1.165) is 38.5 Å². The Hall–Kier alpha value is -0.570. The maximum atomic E-state index is 11.1. The van der Waals surface area contributed by atoms with E-state index in [0.29, 0.717) is 6.04 Å². The number of carbonyl (C=O) groups is 1. The quantitative estimate of drug-likeness (QED) is 0.554. The van der Waals surface area contributed by atoms with Gasteiger partial charge in [-0.15, -0.1) is 0 Å². The second-order valence-electron chi connectivity index (χ2n) is 4.17. The van der Waals surface area contributed by atoms with Crippen LogP contribution in [-0.4, -0.2) is 17.5 Å². The molecular formula is C9H16N2O. The molecule has 0 unspecified atom stereocenters. The fourth-order valence-electron chi connectivity index (χ4n) is 2.34. The Labute approximate surface area is 72.7 Å². The smallest absolute Gasteiger partial charge is 0.220 e. The van der Waals surface area contributed by atoms with Crippen molar-refractivity contribution in [3.05, 3.63) is 0 Å². The monoisotopic (exact) mass is 168 g/mol. The maximum absolute atomic E-state index is 11.1. The number of hydrogen-bond acceptors (Lipinski definition) is 2. The zero-order valence-corrected chi connectivity index (χ0v) is 7.31. The first-order chi connectivity index (χ1) is 5.70. The summed E-state index contributed by atoms with van der Waals surface area (Å²) in [4.78, 5) is 11.1. The minimum absolute atomic E-state index is 0.146. The predicted molar refractivity (Wildman–Crippen MR) is 46.6 cm³/mol. The highest BCUT2D eigenvalue weighted by Gasteiger charge is 2.39. The van der Waals surface area contributed by atoms with Crippen LogP contribution >= 0.6 is 0 Å². The van der Waals surface area contributed by atoms with Gasteiger partial charge in [-0.2, -0.15) is 0 Å². The molecule has 68 valence electrons. The van der Waals surface area contributed by atoms with Crippen molar-refractivity contribution in [3.63, 3.8) is 0 Å². The van der Waals surface area contributed by atoms with Crippen LogP contribution in [0.25, 0.3) is 0 Å². The number of nitrogens with two attached hydrogens (primary N) is 1. The molecule has 2 fully saturated rings. The molecule has 1 heterocycles. The zero-order chi connectivity index (χ0) is 8.60. The molecule has 12 heavy (non-hydrogen) atoms. The van der Waals surface area contributed by atoms with Crippen molar-refractivity contribution in [2.45, 2.75) is 50.1 Å². The zero-order valence-electron chi connectivity index (χ0n) is 7.31. The summed E-state index contributed by atoms with van der Waals surface area (Å²) in [5.74, 6) is 0.227. The van der Waals surface area contributed by atoms with Crippen molar-refractivity contribution in [1.82, 2.24) is 5.32 Å². The van der Waals surface area contributed by atoms with Gasteiger partial charge in [0.15, 0.2) is 0 Å². The summed E-state index contributed by atoms with van der Waals surface area (Å²) in [6, 6.07) is 0.369. The van der Waals surface area contributed by atoms with Crippen molar-refractivity contribution in [3.8, 4) is 0 Å². The average Bonchev–Trinajstić information content (AvgIpc) is 2.40. The van der Waals surface area contributed by atoms with E-state index in [9.17, 15) is 4.79 Å². The Bertz CT molecular complexity index is 195. The lowest BCUT2D eigenvalue weighted by Crippen LogP contribution is -2.46. The van der Waals surface area contributed by atoms with Gasteiger partial charge in [0.1, 0.15) is 0 Å². The van der Waals surface area contributed by atoms with Crippen LogP contribution in [0.5, 0.6) is 0 Å². The van der Waals surface area contributed by atoms with Crippen molar-refractivity contribution in [2.75, 3.05) is 0 Å². The second kappa shape index (κ2) is 2.73. The van der Waals surface area contributed by atoms with E-state index in [1.807, 2.05) is 0 Å². The van der Waals surface area contributed by atoms with Crippen LogP contribution in [0.15, 0.2) is 0 Å². The molecule has 0 radical (unpaired) electrons. The van der Waals surface area contributed by atoms with E-state index in [1.54, 1.807) is 0 Å². The van der Waals surface area contributed by atoms with E-state index in [2.05, 4.69) is 5.32 Å². The molecule has 1 aliphatic carbocycles. The van der Waals surface area contributed by atoms with Gasteiger partial charge in [0.05, 0.1) is 0 Å². The van der Waals surface area contributed by atoms with E-state index in [1.165, 1.54) is 0 Å². The van der Waals surface area contributed by atoms with Crippen LogP contribution in [0.3, 0.4) is 0 Å². The molecule has 0 aromatic heterocycles. The molecular weight excluding hydrogens is 152 g/mol. The summed E-state index contributed by atoms with van der Waals surface area (Å²) in [7, 11) is 0. The van der Waals surface area contributed by atoms with Gasteiger partial charge < -0.3 is 11.1 Å². The van der Waals surface area contributed by atoms with Gasteiger partial charge in [-0.1, -0.05) is 0 Å². The molecule has 1 amide bonds. The molecule has 3 nitrogen and oxygen atoms in total. The van der Waals surface area contributed by atoms with E-state index in [-0.39, 0.29) is 11.4 Å². The molecule has 1 aliphatic heterocycles. The van der Waals surface area contributed by atoms with E-state index < -0.39 is 0 Å². The highest BCUT2D eigenvalue weighted by molar-refractivity contribution is 5.79. The molecule has 2 aliphatic rings. The summed E-state index contributed by atoms with van der Waals surface area (Å²) in [6.45, 7) is 0. The summed E-state index contributed by atoms with van der Waals surface area (Å²) in [5, 5.41) is 3.10. The Kier molecular flexibility index (Phi) is 1.83. The third kappa shape index (κ3) is 1.33. The Morgan fingerprint density at radius 3 is 2.50 bits per heavy atom. The van der Waals surface area contributed by atoms with Gasteiger partial charge >= 0.3 is 0 Å². The van der Waals surface area contributed by atoms with E-state index in [4.69, 9.17) is 5.73 Å². The van der Waals surface area contributed by atoms with Gasteiger partial charge in [-0.25, -0.2) is 0 Å². The highest BCUT2D eigenvalue weighted by atomic mass is 16.2. The Morgan fingerprint density at radius 2 is 2.00 bits per heavy atom. The number of amides is 1. The SMILES string of the molecule is N[C@H]1CC[C@@]2(CCC(=O)N2)CC1. The lowest BCUT2D eigenvalue weighted by Gasteiger charge is -2.35. The van der Waals surface area contributed by atoms with Crippen LogP contribution in [0, 0.1) is 0 Å². The first-order valence-corrected chi connectivity index (χ1v) is 4.77. The summed E-state index contributed by atoms with van der Waals surface area (Å²) >= 11 is 0. The third-order valence-electron chi connectivity index (χ3n) is 3.22. The second-order valence-corrected chi connectivity index (χ2v) is 4.17. The lowest BCUT2D eigenvalue weighted by atomic mass is 9.79. The van der Waals surface area contributed by atoms with Crippen molar-refractivity contribution >= 4 is 5.91 Å². The van der Waals surface area contributed by atoms with Gasteiger partial charge in [0, 0.05) is 18.0 Å². The molecule has 0 aromatic carbocycles. The lowest BCUT2D eigenvalue weighted by molar-refractivity contribution is -0.120. The van der Waals surface area contributed by atoms with Gasteiger partial charge in [0.2, 0.25) is 5.91 Å². The topological polar surface area (TPSA) is 55.1 Å². The molecule has 3 heteroatoms. The Morgan fingerprint density at radius 1 is 1.33 bits per heavy atom. The number of carbonyl (C=O) groups excluding carboxylic acids is 1. The predicted octanol–water partition coefficient (Wildman–Crippen LogP) is 0.536. The number of rotatable bonds is 0. The third-order valence-corrected chi connectivity index (χ3v) is 3.22. The van der Waals surface area contributed by atoms with Crippen molar-refractivity contribution < 1.29 is 4.79 Å². The standard InChI is InChI=1S/C9H16N2O/c10-7-1-4-9(5-2-7)6-3-8(12)11-9/h7H,1-6,10H2,(H,11,12)/t7-,9-.